The molecule has 7 nitrogen and oxygen atoms in total. The lowest BCUT2D eigenvalue weighted by atomic mass is 10.0. The van der Waals surface area contributed by atoms with Gasteiger partial charge >= 0.3 is 6.09 Å². The van der Waals surface area contributed by atoms with Gasteiger partial charge in [0.25, 0.3) is 0 Å². The molecule has 0 heterocycles. The third-order valence-corrected chi connectivity index (χ3v) is 10.2. The molecule has 0 radical (unpaired) electrons. The molecule has 0 aliphatic rings. The predicted octanol–water partition coefficient (Wildman–Crippen LogP) is 3.35. The Labute approximate surface area is 192 Å². The Balaban J connectivity index is 2.77. The summed E-state index contributed by atoms with van der Waals surface area (Å²) in [6.45, 7) is 14.4. The normalized spacial score (nSPS) is 13.4. The van der Waals surface area contributed by atoms with E-state index in [4.69, 9.17) is 10.5 Å². The third kappa shape index (κ3) is 8.75. The fourth-order valence-electron chi connectivity index (χ4n) is 2.47. The Morgan fingerprint density at radius 1 is 1.09 bits per heavy atom. The van der Waals surface area contributed by atoms with E-state index >= 15 is 0 Å². The van der Waals surface area contributed by atoms with Crippen LogP contribution in [-0.2, 0) is 20.9 Å². The average Bonchev–Trinajstić information content (AvgIpc) is 2.69. The fourth-order valence-corrected chi connectivity index (χ4v) is 3.39. The first kappa shape index (κ1) is 27.2. The Bertz CT molecular complexity index is 851. The van der Waals surface area contributed by atoms with E-state index < -0.39 is 38.1 Å². The molecule has 1 aromatic carbocycles. The summed E-state index contributed by atoms with van der Waals surface area (Å²) in [6, 6.07) is 7.41. The van der Waals surface area contributed by atoms with Gasteiger partial charge in [-0.1, -0.05) is 78.0 Å². The van der Waals surface area contributed by atoms with Crippen molar-refractivity contribution in [1.82, 2.24) is 10.6 Å². The van der Waals surface area contributed by atoms with Crippen LogP contribution in [0.25, 0.3) is 0 Å². The second-order valence-corrected chi connectivity index (χ2v) is 14.8. The van der Waals surface area contributed by atoms with Gasteiger partial charge in [-0.2, -0.15) is 0 Å². The highest BCUT2D eigenvalue weighted by atomic mass is 28.3. The maximum atomic E-state index is 12.8. The van der Waals surface area contributed by atoms with Crippen molar-refractivity contribution in [3.63, 3.8) is 0 Å². The highest BCUT2D eigenvalue weighted by Crippen LogP contribution is 2.35. The molecule has 0 spiro atoms. The first-order valence-electron chi connectivity index (χ1n) is 10.8. The Hall–Kier alpha value is -2.79. The van der Waals surface area contributed by atoms with E-state index in [9.17, 15) is 14.4 Å². The van der Waals surface area contributed by atoms with Gasteiger partial charge in [0.2, 0.25) is 11.8 Å². The average molecular weight is 460 g/mol. The van der Waals surface area contributed by atoms with Crippen molar-refractivity contribution in [3.8, 4) is 11.5 Å². The molecule has 0 aliphatic carbocycles. The van der Waals surface area contributed by atoms with Crippen molar-refractivity contribution < 1.29 is 19.1 Å². The van der Waals surface area contributed by atoms with Gasteiger partial charge in [0.15, 0.2) is 0 Å². The number of nitrogens with two attached hydrogens (primary N) is 1. The van der Waals surface area contributed by atoms with E-state index in [1.54, 1.807) is 13.8 Å². The molecule has 176 valence electrons. The number of rotatable bonds is 8. The quantitative estimate of drug-likeness (QED) is 0.409. The second-order valence-electron chi connectivity index (χ2n) is 9.77. The fraction of sp³-hybridized carbons (Fsp3) is 0.542. The zero-order chi connectivity index (χ0) is 24.5. The minimum Gasteiger partial charge on any atom is -0.445 e. The summed E-state index contributed by atoms with van der Waals surface area (Å²) in [5.74, 6) is 1.65. The van der Waals surface area contributed by atoms with Crippen molar-refractivity contribution in [1.29, 1.82) is 0 Å². The molecule has 4 N–H and O–H groups in total. The van der Waals surface area contributed by atoms with Gasteiger partial charge in [0, 0.05) is 6.42 Å². The van der Waals surface area contributed by atoms with Gasteiger partial charge in [-0.3, -0.25) is 9.59 Å². The maximum Gasteiger partial charge on any atom is 0.408 e. The number of ether oxygens (including phenoxy) is 1. The largest absolute Gasteiger partial charge is 0.445 e. The zero-order valence-electron chi connectivity index (χ0n) is 20.2. The summed E-state index contributed by atoms with van der Waals surface area (Å²) in [4.78, 5) is 36.9. The topological polar surface area (TPSA) is 111 Å². The molecule has 1 rings (SSSR count). The lowest BCUT2D eigenvalue weighted by Crippen LogP contribution is -2.54. The van der Waals surface area contributed by atoms with Crippen LogP contribution in [0, 0.1) is 17.4 Å². The van der Waals surface area contributed by atoms with E-state index in [1.165, 1.54) is 0 Å². The number of hydrogen-bond acceptors (Lipinski definition) is 4. The summed E-state index contributed by atoms with van der Waals surface area (Å²) < 4.78 is 5.21. The molecular weight excluding hydrogens is 422 g/mol. The molecule has 0 bridgehead atoms. The SMILES string of the molecule is CC(C)[C@H](NC(=O)OCc1ccccc1)C(=O)N[C@H](CC#C[Si](C)(C)C(C)(C)C)C(N)=O. The summed E-state index contributed by atoms with van der Waals surface area (Å²) >= 11 is 0. The number of alkyl carbamates (subject to hydrolysis) is 1. The number of primary amides is 1. The lowest BCUT2D eigenvalue weighted by molar-refractivity contribution is -0.129. The number of carbonyl (C=O) groups excluding carboxylic acids is 3. The standard InChI is InChI=1S/C24H37N3O4Si/c1-17(2)20(27-23(30)31-16-18-12-9-8-10-13-18)22(29)26-19(21(25)28)14-11-15-32(6,7)24(3,4)5/h8-10,12-13,17,19-20H,14,16H2,1-7H3,(H2,25,28)(H,26,29)(H,27,30)/t19-,20+/m1/s1. The summed E-state index contributed by atoms with van der Waals surface area (Å²) in [5.41, 5.74) is 9.64. The van der Waals surface area contributed by atoms with Gasteiger partial charge in [-0.15, -0.1) is 11.5 Å². The Morgan fingerprint density at radius 3 is 2.19 bits per heavy atom. The van der Waals surface area contributed by atoms with Gasteiger partial charge in [0.1, 0.15) is 26.8 Å². The van der Waals surface area contributed by atoms with Crippen LogP contribution in [0.5, 0.6) is 0 Å². The van der Waals surface area contributed by atoms with Crippen LogP contribution >= 0.6 is 0 Å². The van der Waals surface area contributed by atoms with Crippen molar-refractivity contribution in [3.05, 3.63) is 35.9 Å². The number of carbonyl (C=O) groups is 3. The van der Waals surface area contributed by atoms with Gasteiger partial charge in [0.05, 0.1) is 0 Å². The molecular formula is C24H37N3O4Si. The lowest BCUT2D eigenvalue weighted by Gasteiger charge is -2.31. The molecule has 0 aliphatic heterocycles. The van der Waals surface area contributed by atoms with Crippen LogP contribution in [0.1, 0.15) is 46.6 Å². The smallest absolute Gasteiger partial charge is 0.408 e. The number of hydrogen-bond donors (Lipinski definition) is 3. The van der Waals surface area contributed by atoms with Crippen molar-refractivity contribution in [2.75, 3.05) is 0 Å². The van der Waals surface area contributed by atoms with E-state index in [0.29, 0.717) is 0 Å². The van der Waals surface area contributed by atoms with Gasteiger partial charge in [-0.25, -0.2) is 4.79 Å². The Kier molecular flexibility index (Phi) is 9.98. The molecule has 2 atom stereocenters. The second kappa shape index (κ2) is 11.7. The molecule has 0 unspecified atom stereocenters. The molecule has 3 amide bonds. The Morgan fingerprint density at radius 2 is 1.69 bits per heavy atom. The molecule has 0 saturated heterocycles. The van der Waals surface area contributed by atoms with E-state index in [1.807, 2.05) is 30.3 Å². The molecule has 0 saturated carbocycles. The molecule has 32 heavy (non-hydrogen) atoms. The van der Waals surface area contributed by atoms with Crippen molar-refractivity contribution in [2.24, 2.45) is 11.7 Å². The molecule has 0 aromatic heterocycles. The zero-order valence-corrected chi connectivity index (χ0v) is 21.2. The van der Waals surface area contributed by atoms with Crippen LogP contribution in [0.4, 0.5) is 4.79 Å². The van der Waals surface area contributed by atoms with E-state index in [-0.39, 0.29) is 24.0 Å². The summed E-state index contributed by atoms with van der Waals surface area (Å²) in [6.07, 6.45) is -0.590. The molecule has 8 heteroatoms. The summed E-state index contributed by atoms with van der Waals surface area (Å²) in [5, 5.41) is 5.29. The number of nitrogens with one attached hydrogen (secondary N) is 2. The van der Waals surface area contributed by atoms with Gasteiger partial charge < -0.3 is 21.1 Å². The van der Waals surface area contributed by atoms with Gasteiger partial charge in [-0.05, 0) is 16.5 Å². The first-order chi connectivity index (χ1) is 14.7. The predicted molar refractivity (Wildman–Crippen MR) is 129 cm³/mol. The third-order valence-electron chi connectivity index (χ3n) is 5.68. The minimum atomic E-state index is -1.84. The molecule has 0 fully saturated rings. The molecule has 1 aromatic rings. The maximum absolute atomic E-state index is 12.8. The number of amides is 3. The van der Waals surface area contributed by atoms with Crippen molar-refractivity contribution in [2.45, 2.75) is 77.9 Å². The van der Waals surface area contributed by atoms with Crippen LogP contribution in [-0.4, -0.2) is 38.1 Å². The van der Waals surface area contributed by atoms with Crippen LogP contribution in [0.15, 0.2) is 30.3 Å². The van der Waals surface area contributed by atoms with E-state index in [2.05, 4.69) is 56.0 Å². The minimum absolute atomic E-state index is 0.0816. The van der Waals surface area contributed by atoms with Crippen LogP contribution in [0.2, 0.25) is 18.1 Å². The highest BCUT2D eigenvalue weighted by Gasteiger charge is 2.34. The van der Waals surface area contributed by atoms with Crippen LogP contribution < -0.4 is 16.4 Å². The first-order valence-corrected chi connectivity index (χ1v) is 13.8. The highest BCUT2D eigenvalue weighted by molar-refractivity contribution is 6.87. The summed E-state index contributed by atoms with van der Waals surface area (Å²) in [7, 11) is -1.84. The number of benzene rings is 1. The van der Waals surface area contributed by atoms with Crippen LogP contribution in [0.3, 0.4) is 0 Å². The van der Waals surface area contributed by atoms with E-state index in [0.717, 1.165) is 5.56 Å². The monoisotopic (exact) mass is 459 g/mol. The van der Waals surface area contributed by atoms with Crippen molar-refractivity contribution >= 4 is 26.0 Å².